The lowest BCUT2D eigenvalue weighted by atomic mass is 10.1. The van der Waals surface area contributed by atoms with Crippen molar-refractivity contribution >= 4 is 17.5 Å². The molecule has 23 heavy (non-hydrogen) atoms. The monoisotopic (exact) mass is 349 g/mol. The van der Waals surface area contributed by atoms with Crippen LogP contribution in [0, 0.1) is 0 Å². The lowest BCUT2D eigenvalue weighted by molar-refractivity contribution is -0.272. The number of carbonyl (C=O) groups is 1. The molecule has 4 atom stereocenters. The van der Waals surface area contributed by atoms with Crippen molar-refractivity contribution in [2.45, 2.75) is 36.8 Å². The summed E-state index contributed by atoms with van der Waals surface area (Å²) in [6.07, 6.45) is -7.86. The van der Waals surface area contributed by atoms with Gasteiger partial charge in [0.15, 0.2) is 12.2 Å². The summed E-state index contributed by atoms with van der Waals surface area (Å²) in [5.74, 6) is -0.729. The highest BCUT2D eigenvalue weighted by atomic mass is 35.5. The van der Waals surface area contributed by atoms with Gasteiger partial charge in [-0.3, -0.25) is 4.79 Å². The van der Waals surface area contributed by atoms with E-state index < -0.39 is 24.3 Å². The summed E-state index contributed by atoms with van der Waals surface area (Å²) in [4.78, 5) is 12.1. The molecule has 1 heterocycles. The first-order valence-electron chi connectivity index (χ1n) is 7.22. The number of hydrogen-bond acceptors (Lipinski definition) is 3. The van der Waals surface area contributed by atoms with Crippen molar-refractivity contribution in [3.05, 3.63) is 34.9 Å². The first-order chi connectivity index (χ1) is 10.9. The molecule has 1 N–H and O–H groups in total. The summed E-state index contributed by atoms with van der Waals surface area (Å²) >= 11 is 5.91. The van der Waals surface area contributed by atoms with E-state index in [4.69, 9.17) is 16.3 Å². The van der Waals surface area contributed by atoms with Crippen molar-refractivity contribution in [1.82, 2.24) is 5.32 Å². The Labute approximate surface area is 135 Å². The number of halogens is 4. The lowest BCUT2D eigenvalue weighted by Crippen LogP contribution is -2.55. The smallest absolute Gasteiger partial charge is 0.363 e. The summed E-state index contributed by atoms with van der Waals surface area (Å²) in [6.45, 7) is -0.213. The number of ether oxygens (including phenoxy) is 2. The Morgan fingerprint density at radius 2 is 2.00 bits per heavy atom. The van der Waals surface area contributed by atoms with E-state index in [0.717, 1.165) is 5.56 Å². The molecule has 2 aliphatic rings. The fourth-order valence-electron chi connectivity index (χ4n) is 2.73. The molecule has 2 fully saturated rings. The molecule has 1 aromatic carbocycles. The summed E-state index contributed by atoms with van der Waals surface area (Å²) in [7, 11) is 0. The highest BCUT2D eigenvalue weighted by Crippen LogP contribution is 2.41. The predicted octanol–water partition coefficient (Wildman–Crippen LogP) is 2.66. The Balaban J connectivity index is 1.61. The number of nitrogens with one attached hydrogen (secondary N) is 1. The van der Waals surface area contributed by atoms with Crippen LogP contribution in [0.3, 0.4) is 0 Å². The second-order valence-electron chi connectivity index (χ2n) is 5.64. The summed E-state index contributed by atoms with van der Waals surface area (Å²) < 4.78 is 48.3. The molecule has 1 aliphatic carbocycles. The van der Waals surface area contributed by atoms with Gasteiger partial charge in [0.1, 0.15) is 0 Å². The van der Waals surface area contributed by atoms with E-state index in [0.29, 0.717) is 11.4 Å². The van der Waals surface area contributed by atoms with Crippen LogP contribution in [0.5, 0.6) is 0 Å². The Morgan fingerprint density at radius 1 is 1.26 bits per heavy atom. The van der Waals surface area contributed by atoms with E-state index in [-0.39, 0.29) is 25.2 Å². The zero-order chi connectivity index (χ0) is 16.6. The topological polar surface area (TPSA) is 47.6 Å². The van der Waals surface area contributed by atoms with Crippen molar-refractivity contribution in [1.29, 1.82) is 0 Å². The van der Waals surface area contributed by atoms with Crippen molar-refractivity contribution < 1.29 is 27.4 Å². The van der Waals surface area contributed by atoms with E-state index in [1.165, 1.54) is 0 Å². The average Bonchev–Trinajstić information content (AvgIpc) is 3.25. The van der Waals surface area contributed by atoms with Gasteiger partial charge in [-0.1, -0.05) is 23.7 Å². The van der Waals surface area contributed by atoms with Crippen molar-refractivity contribution in [2.24, 2.45) is 0 Å². The van der Waals surface area contributed by atoms with Crippen molar-refractivity contribution in [3.8, 4) is 0 Å². The van der Waals surface area contributed by atoms with Gasteiger partial charge in [-0.2, -0.15) is 13.2 Å². The number of carbonyl (C=O) groups excluding carboxylic acids is 1. The summed E-state index contributed by atoms with van der Waals surface area (Å²) in [6, 6.07) is 6.99. The van der Waals surface area contributed by atoms with Gasteiger partial charge >= 0.3 is 6.18 Å². The Hall–Kier alpha value is -1.31. The van der Waals surface area contributed by atoms with Crippen LogP contribution in [0.15, 0.2) is 24.3 Å². The molecule has 0 spiro atoms. The Kier molecular flexibility index (Phi) is 4.53. The molecule has 0 radical (unpaired) electrons. The highest BCUT2D eigenvalue weighted by molar-refractivity contribution is 6.30. The van der Waals surface area contributed by atoms with Crippen molar-refractivity contribution in [2.75, 3.05) is 13.2 Å². The van der Waals surface area contributed by atoms with Gasteiger partial charge in [0.2, 0.25) is 0 Å². The fraction of sp³-hybridized carbons (Fsp3) is 0.533. The summed E-state index contributed by atoms with van der Waals surface area (Å²) in [5, 5.41) is 3.19. The van der Waals surface area contributed by atoms with Crippen LogP contribution < -0.4 is 5.32 Å². The van der Waals surface area contributed by atoms with Gasteiger partial charge in [0.05, 0.1) is 13.2 Å². The molecule has 0 bridgehead atoms. The maximum absolute atomic E-state index is 12.9. The zero-order valence-corrected chi connectivity index (χ0v) is 12.7. The number of amides is 1. The molecule has 126 valence electrons. The number of benzene rings is 1. The Bertz CT molecular complexity index is 596. The maximum atomic E-state index is 12.9. The normalized spacial score (nSPS) is 30.8. The minimum absolute atomic E-state index is 0.0347. The predicted molar refractivity (Wildman–Crippen MR) is 76.3 cm³/mol. The minimum atomic E-state index is -4.64. The van der Waals surface area contributed by atoms with Gasteiger partial charge < -0.3 is 14.8 Å². The minimum Gasteiger partial charge on any atom is -0.363 e. The number of alkyl halides is 3. The highest BCUT2D eigenvalue weighted by Gasteiger charge is 2.52. The molecule has 8 heteroatoms. The molecule has 0 unspecified atom stereocenters. The molecule has 4 nitrogen and oxygen atoms in total. The van der Waals surface area contributed by atoms with Gasteiger partial charge in [-0.05, 0) is 24.1 Å². The van der Waals surface area contributed by atoms with E-state index in [9.17, 15) is 18.0 Å². The van der Waals surface area contributed by atoms with Crippen LogP contribution >= 0.6 is 11.6 Å². The second-order valence-corrected chi connectivity index (χ2v) is 6.07. The van der Waals surface area contributed by atoms with Crippen LogP contribution in [-0.4, -0.2) is 43.5 Å². The maximum Gasteiger partial charge on any atom is 0.417 e. The number of rotatable bonds is 3. The third-order valence-corrected chi connectivity index (χ3v) is 4.16. The molecule has 3 rings (SSSR count). The standard InChI is InChI=1S/C15H15ClF3NO3/c16-9-3-1-2-8(6-9)10-7-11(10)20-14(21)12-13(15(17,18)19)23-5-4-22-12/h1-3,6,10-13H,4-5,7H2,(H,20,21)/t10-,11+,12-,13+/m0/s1. The van der Waals surface area contributed by atoms with Gasteiger partial charge in [-0.25, -0.2) is 0 Å². The Morgan fingerprint density at radius 3 is 2.70 bits per heavy atom. The molecular weight excluding hydrogens is 335 g/mol. The molecule has 1 saturated carbocycles. The van der Waals surface area contributed by atoms with Crippen LogP contribution in [0.1, 0.15) is 17.9 Å². The third kappa shape index (κ3) is 3.79. The van der Waals surface area contributed by atoms with E-state index in [2.05, 4.69) is 10.1 Å². The molecule has 1 saturated heterocycles. The molecule has 1 aromatic rings. The van der Waals surface area contributed by atoms with Crippen LogP contribution in [0.2, 0.25) is 5.02 Å². The van der Waals surface area contributed by atoms with Crippen LogP contribution in [0.4, 0.5) is 13.2 Å². The van der Waals surface area contributed by atoms with E-state index >= 15 is 0 Å². The third-order valence-electron chi connectivity index (χ3n) is 3.93. The van der Waals surface area contributed by atoms with Crippen LogP contribution in [-0.2, 0) is 14.3 Å². The molecular formula is C15H15ClF3NO3. The SMILES string of the molecule is O=C(N[C@@H]1C[C@H]1c1cccc(Cl)c1)[C@H]1OCCO[C@H]1C(F)(F)F. The van der Waals surface area contributed by atoms with E-state index in [1.54, 1.807) is 18.2 Å². The molecule has 0 aromatic heterocycles. The quantitative estimate of drug-likeness (QED) is 0.912. The summed E-state index contributed by atoms with van der Waals surface area (Å²) in [5.41, 5.74) is 0.955. The first kappa shape index (κ1) is 16.5. The zero-order valence-electron chi connectivity index (χ0n) is 12.0. The van der Waals surface area contributed by atoms with Crippen molar-refractivity contribution in [3.63, 3.8) is 0 Å². The van der Waals surface area contributed by atoms with Gasteiger partial charge in [-0.15, -0.1) is 0 Å². The fourth-order valence-corrected chi connectivity index (χ4v) is 2.93. The van der Waals surface area contributed by atoms with Gasteiger partial charge in [0, 0.05) is 17.0 Å². The largest absolute Gasteiger partial charge is 0.417 e. The molecule has 1 aliphatic heterocycles. The average molecular weight is 350 g/mol. The van der Waals surface area contributed by atoms with Gasteiger partial charge in [0.25, 0.3) is 5.91 Å². The molecule has 1 amide bonds. The van der Waals surface area contributed by atoms with Crippen LogP contribution in [0.25, 0.3) is 0 Å². The number of hydrogen-bond donors (Lipinski definition) is 1. The second kappa shape index (κ2) is 6.30. The lowest BCUT2D eigenvalue weighted by Gasteiger charge is -2.32. The van der Waals surface area contributed by atoms with E-state index in [1.807, 2.05) is 6.07 Å². The first-order valence-corrected chi connectivity index (χ1v) is 7.60.